The Labute approximate surface area is 164 Å². The molecule has 0 aliphatic carbocycles. The summed E-state index contributed by atoms with van der Waals surface area (Å²) in [6.45, 7) is 2.15. The predicted molar refractivity (Wildman–Crippen MR) is 118 cm³/mol. The molecule has 0 spiro atoms. The van der Waals surface area contributed by atoms with E-state index in [1.165, 1.54) is 11.8 Å². The number of carbonyl (C=O) groups is 1. The second-order valence-corrected chi connectivity index (χ2v) is 6.75. The number of hydrogen-bond donors (Lipinski definition) is 1. The molecule has 3 heteroatoms. The molecule has 0 fully saturated rings. The third-order valence-corrected chi connectivity index (χ3v) is 4.47. The third kappa shape index (κ3) is 17.1. The Balaban J connectivity index is 3.65. The van der Waals surface area contributed by atoms with Gasteiger partial charge in [-0.05, 0) is 51.2 Å². The van der Waals surface area contributed by atoms with Crippen molar-refractivity contribution in [1.82, 2.24) is 0 Å². The number of hydrogen-bond acceptors (Lipinski definition) is 2. The van der Waals surface area contributed by atoms with Gasteiger partial charge in [0.15, 0.2) is 0 Å². The van der Waals surface area contributed by atoms with E-state index in [4.69, 9.17) is 5.11 Å². The zero-order chi connectivity index (χ0) is 19.3. The Hall–Kier alpha value is -1.74. The molecule has 0 aliphatic rings. The summed E-state index contributed by atoms with van der Waals surface area (Å²) in [5.41, 5.74) is 0. The lowest BCUT2D eigenvalue weighted by Crippen LogP contribution is -2.14. The van der Waals surface area contributed by atoms with E-state index in [1.54, 1.807) is 0 Å². The maximum atomic E-state index is 10.9. The van der Waals surface area contributed by atoms with Crippen molar-refractivity contribution in [2.24, 2.45) is 0 Å². The summed E-state index contributed by atoms with van der Waals surface area (Å²) >= 11 is 1.38. The van der Waals surface area contributed by atoms with Crippen LogP contribution in [0.2, 0.25) is 0 Å². The molecular formula is C23H34O2S. The summed E-state index contributed by atoms with van der Waals surface area (Å²) < 4.78 is 0. The second-order valence-electron chi connectivity index (χ2n) is 5.71. The van der Waals surface area contributed by atoms with Gasteiger partial charge in [0.25, 0.3) is 0 Å². The van der Waals surface area contributed by atoms with E-state index in [2.05, 4.69) is 67.7 Å². The third-order valence-electron chi connectivity index (χ3n) is 3.51. The van der Waals surface area contributed by atoms with Crippen LogP contribution in [0.3, 0.4) is 0 Å². The van der Waals surface area contributed by atoms with Crippen LogP contribution < -0.4 is 0 Å². The van der Waals surface area contributed by atoms with Gasteiger partial charge in [0, 0.05) is 0 Å². The van der Waals surface area contributed by atoms with E-state index < -0.39 is 5.97 Å². The summed E-state index contributed by atoms with van der Waals surface area (Å²) in [5, 5.41) is 8.60. The quantitative estimate of drug-likeness (QED) is 0.317. The van der Waals surface area contributed by atoms with Gasteiger partial charge < -0.3 is 5.11 Å². The SMILES string of the molecule is CCC=CCC=CCC=CCC=CCC=CCC=CCC(SC)C(=O)O. The highest BCUT2D eigenvalue weighted by Crippen LogP contribution is 2.11. The van der Waals surface area contributed by atoms with Gasteiger partial charge in [0.1, 0.15) is 5.25 Å². The number of thioether (sulfide) groups is 1. The average Bonchev–Trinajstić information content (AvgIpc) is 2.63. The molecule has 0 aromatic heterocycles. The number of rotatable bonds is 15. The lowest BCUT2D eigenvalue weighted by Gasteiger charge is -2.04. The monoisotopic (exact) mass is 374 g/mol. The minimum absolute atomic E-state index is 0.334. The smallest absolute Gasteiger partial charge is 0.316 e. The van der Waals surface area contributed by atoms with Crippen LogP contribution in [-0.2, 0) is 4.79 Å². The van der Waals surface area contributed by atoms with E-state index in [-0.39, 0.29) is 5.25 Å². The zero-order valence-corrected chi connectivity index (χ0v) is 17.0. The molecule has 0 aromatic carbocycles. The number of carboxylic acids is 1. The van der Waals surface area contributed by atoms with Crippen LogP contribution in [0.15, 0.2) is 72.9 Å². The molecule has 1 N–H and O–H groups in total. The minimum atomic E-state index is -0.739. The van der Waals surface area contributed by atoms with Crippen LogP contribution >= 0.6 is 11.8 Å². The number of aliphatic carboxylic acids is 1. The van der Waals surface area contributed by atoms with Crippen LogP contribution in [0, 0.1) is 0 Å². The maximum absolute atomic E-state index is 10.9. The molecular weight excluding hydrogens is 340 g/mol. The highest BCUT2D eigenvalue weighted by molar-refractivity contribution is 7.99. The molecule has 144 valence electrons. The molecule has 0 aromatic rings. The molecule has 0 saturated carbocycles. The Kier molecular flexibility index (Phi) is 18.3. The van der Waals surface area contributed by atoms with Gasteiger partial charge in [0.05, 0.1) is 0 Å². The van der Waals surface area contributed by atoms with Crippen molar-refractivity contribution in [3.8, 4) is 0 Å². The topological polar surface area (TPSA) is 37.3 Å². The highest BCUT2D eigenvalue weighted by atomic mass is 32.2. The summed E-state index contributed by atoms with van der Waals surface area (Å²) in [7, 11) is 0. The largest absolute Gasteiger partial charge is 0.480 e. The number of carboxylic acid groups (broad SMARTS) is 1. The van der Waals surface area contributed by atoms with E-state index in [0.29, 0.717) is 6.42 Å². The van der Waals surface area contributed by atoms with Crippen molar-refractivity contribution in [3.05, 3.63) is 72.9 Å². The van der Waals surface area contributed by atoms with Gasteiger partial charge in [0.2, 0.25) is 0 Å². The van der Waals surface area contributed by atoms with Crippen molar-refractivity contribution in [1.29, 1.82) is 0 Å². The summed E-state index contributed by atoms with van der Waals surface area (Å²) in [6, 6.07) is 0. The van der Waals surface area contributed by atoms with E-state index in [0.717, 1.165) is 38.5 Å². The van der Waals surface area contributed by atoms with Crippen molar-refractivity contribution in [2.75, 3.05) is 6.26 Å². The van der Waals surface area contributed by atoms with Crippen LogP contribution in [0.1, 0.15) is 51.9 Å². The van der Waals surface area contributed by atoms with Crippen molar-refractivity contribution in [2.45, 2.75) is 57.1 Å². The van der Waals surface area contributed by atoms with Crippen LogP contribution in [0.5, 0.6) is 0 Å². The van der Waals surface area contributed by atoms with E-state index >= 15 is 0 Å². The zero-order valence-electron chi connectivity index (χ0n) is 16.2. The molecule has 0 bridgehead atoms. The van der Waals surface area contributed by atoms with Crippen molar-refractivity contribution >= 4 is 17.7 Å². The molecule has 0 heterocycles. The van der Waals surface area contributed by atoms with Crippen molar-refractivity contribution in [3.63, 3.8) is 0 Å². The molecule has 0 rings (SSSR count). The predicted octanol–water partition coefficient (Wildman–Crippen LogP) is 6.89. The normalized spacial score (nSPS) is 14.2. The standard InChI is InChI=1S/C23H34O2S/c1-3-4-5-6-7-8-9-10-11-12-13-14-15-16-17-18-19-20-21-22(26-2)23(24)25/h4-5,7-8,10-11,13-14,16-17,19-20,22H,3,6,9,12,15,18,21H2,1-2H3,(H,24,25). The molecule has 26 heavy (non-hydrogen) atoms. The first kappa shape index (κ1) is 24.3. The summed E-state index contributed by atoms with van der Waals surface area (Å²) in [5.74, 6) is -0.739. The Bertz CT molecular complexity index is 510. The lowest BCUT2D eigenvalue weighted by atomic mass is 10.2. The summed E-state index contributed by atoms with van der Waals surface area (Å²) in [4.78, 5) is 10.9. The van der Waals surface area contributed by atoms with Gasteiger partial charge in [-0.3, -0.25) is 4.79 Å². The first-order valence-corrected chi connectivity index (χ1v) is 10.7. The molecule has 0 radical (unpaired) electrons. The average molecular weight is 375 g/mol. The summed E-state index contributed by atoms with van der Waals surface area (Å²) in [6.07, 6.45) is 34.1. The van der Waals surface area contributed by atoms with Crippen LogP contribution in [0.25, 0.3) is 0 Å². The Morgan fingerprint density at radius 1 is 0.731 bits per heavy atom. The van der Waals surface area contributed by atoms with Crippen molar-refractivity contribution < 1.29 is 9.90 Å². The molecule has 1 unspecified atom stereocenters. The highest BCUT2D eigenvalue weighted by Gasteiger charge is 2.12. The Morgan fingerprint density at radius 2 is 1.08 bits per heavy atom. The lowest BCUT2D eigenvalue weighted by molar-refractivity contribution is -0.136. The molecule has 0 saturated heterocycles. The second kappa shape index (κ2) is 19.6. The first-order chi connectivity index (χ1) is 12.7. The van der Waals surface area contributed by atoms with Gasteiger partial charge in [-0.25, -0.2) is 0 Å². The van der Waals surface area contributed by atoms with Gasteiger partial charge in [-0.2, -0.15) is 0 Å². The fourth-order valence-corrected chi connectivity index (χ4v) is 2.54. The van der Waals surface area contributed by atoms with Crippen LogP contribution in [-0.4, -0.2) is 22.6 Å². The van der Waals surface area contributed by atoms with Gasteiger partial charge in [-0.15, -0.1) is 11.8 Å². The molecule has 2 nitrogen and oxygen atoms in total. The van der Waals surface area contributed by atoms with Gasteiger partial charge in [-0.1, -0.05) is 79.8 Å². The minimum Gasteiger partial charge on any atom is -0.480 e. The van der Waals surface area contributed by atoms with Crippen LogP contribution in [0.4, 0.5) is 0 Å². The molecule has 0 aliphatic heterocycles. The van der Waals surface area contributed by atoms with Gasteiger partial charge >= 0.3 is 5.97 Å². The van der Waals surface area contributed by atoms with E-state index in [9.17, 15) is 4.79 Å². The number of allylic oxidation sites excluding steroid dienone is 12. The van der Waals surface area contributed by atoms with E-state index in [1.807, 2.05) is 18.4 Å². The molecule has 0 amide bonds. The Morgan fingerprint density at radius 3 is 1.38 bits per heavy atom. The fraction of sp³-hybridized carbons (Fsp3) is 0.435. The first-order valence-electron chi connectivity index (χ1n) is 9.37. The fourth-order valence-electron chi connectivity index (χ4n) is 2.04. The maximum Gasteiger partial charge on any atom is 0.316 e. The molecule has 1 atom stereocenters.